The minimum atomic E-state index is -3.25. The number of morpholine rings is 1. The molecule has 0 aromatic heterocycles. The van der Waals surface area contributed by atoms with E-state index in [-0.39, 0.29) is 0 Å². The van der Waals surface area contributed by atoms with Gasteiger partial charge in [-0.2, -0.15) is 12.7 Å². The maximum atomic E-state index is 11.5. The summed E-state index contributed by atoms with van der Waals surface area (Å²) in [6.07, 6.45) is 0. The van der Waals surface area contributed by atoms with Gasteiger partial charge in [-0.1, -0.05) is 22.6 Å². The summed E-state index contributed by atoms with van der Waals surface area (Å²) in [4.78, 5) is 0. The summed E-state index contributed by atoms with van der Waals surface area (Å²) in [5, 5.41) is 0. The normalized spacial score (nSPS) is 20.4. The summed E-state index contributed by atoms with van der Waals surface area (Å²) in [6.45, 7) is 2.38. The fourth-order valence-electron chi connectivity index (χ4n) is 1.05. The molecule has 5 nitrogen and oxygen atoms in total. The summed E-state index contributed by atoms with van der Waals surface area (Å²) in [7, 11) is -3.25. The van der Waals surface area contributed by atoms with Gasteiger partial charge in [-0.25, -0.2) is 4.72 Å². The minimum absolute atomic E-state index is 0.455. The molecule has 0 saturated carbocycles. The van der Waals surface area contributed by atoms with Crippen LogP contribution in [0, 0.1) is 0 Å². The lowest BCUT2D eigenvalue weighted by Gasteiger charge is -2.25. The average molecular weight is 320 g/mol. The molecule has 1 N–H and O–H groups in total. The van der Waals surface area contributed by atoms with Crippen LogP contribution in [0.15, 0.2) is 0 Å². The number of ether oxygens (including phenoxy) is 1. The Labute approximate surface area is 92.1 Å². The first-order valence-corrected chi connectivity index (χ1v) is 7.02. The average Bonchev–Trinajstić information content (AvgIpc) is 2.16. The minimum Gasteiger partial charge on any atom is -0.379 e. The van der Waals surface area contributed by atoms with Gasteiger partial charge in [0.15, 0.2) is 0 Å². The van der Waals surface area contributed by atoms with E-state index < -0.39 is 10.2 Å². The topological polar surface area (TPSA) is 58.6 Å². The lowest BCUT2D eigenvalue weighted by atomic mass is 10.5. The molecule has 1 heterocycles. The lowest BCUT2D eigenvalue weighted by molar-refractivity contribution is 0.0725. The van der Waals surface area contributed by atoms with Crippen molar-refractivity contribution in [2.45, 2.75) is 0 Å². The van der Waals surface area contributed by atoms with Crippen LogP contribution in [0.2, 0.25) is 0 Å². The molecule has 7 heteroatoms. The highest BCUT2D eigenvalue weighted by molar-refractivity contribution is 14.1. The molecule has 1 saturated heterocycles. The number of hydrogen-bond acceptors (Lipinski definition) is 3. The Hall–Kier alpha value is 0.560. The number of alkyl halides is 1. The van der Waals surface area contributed by atoms with E-state index in [9.17, 15) is 8.42 Å². The van der Waals surface area contributed by atoms with Crippen molar-refractivity contribution < 1.29 is 13.2 Å². The third-order valence-corrected chi connectivity index (χ3v) is 3.84. The zero-order valence-electron chi connectivity index (χ0n) is 7.20. The van der Waals surface area contributed by atoms with E-state index in [1.807, 2.05) is 0 Å². The second kappa shape index (κ2) is 5.44. The molecule has 0 atom stereocenters. The van der Waals surface area contributed by atoms with E-state index in [2.05, 4.69) is 27.3 Å². The zero-order chi connectivity index (χ0) is 9.73. The second-order valence-electron chi connectivity index (χ2n) is 2.60. The molecule has 0 bridgehead atoms. The van der Waals surface area contributed by atoms with Crippen molar-refractivity contribution >= 4 is 32.8 Å². The van der Waals surface area contributed by atoms with E-state index in [0.717, 1.165) is 4.43 Å². The van der Waals surface area contributed by atoms with Crippen LogP contribution >= 0.6 is 22.6 Å². The van der Waals surface area contributed by atoms with E-state index in [4.69, 9.17) is 4.74 Å². The molecular formula is C6H13IN2O3S. The Morgan fingerprint density at radius 1 is 1.38 bits per heavy atom. The van der Waals surface area contributed by atoms with Crippen molar-refractivity contribution in [2.24, 2.45) is 0 Å². The predicted molar refractivity (Wildman–Crippen MR) is 58.2 cm³/mol. The molecule has 1 aliphatic rings. The van der Waals surface area contributed by atoms with Gasteiger partial charge in [0.2, 0.25) is 0 Å². The molecule has 0 amide bonds. The summed E-state index contributed by atoms with van der Waals surface area (Å²) in [5.41, 5.74) is 0. The van der Waals surface area contributed by atoms with Gasteiger partial charge in [-0.15, -0.1) is 0 Å². The lowest BCUT2D eigenvalue weighted by Crippen LogP contribution is -2.46. The van der Waals surface area contributed by atoms with Crippen LogP contribution in [0.1, 0.15) is 0 Å². The maximum absolute atomic E-state index is 11.5. The van der Waals surface area contributed by atoms with Crippen molar-refractivity contribution in [1.82, 2.24) is 9.03 Å². The van der Waals surface area contributed by atoms with Gasteiger partial charge in [0.05, 0.1) is 13.2 Å². The Morgan fingerprint density at radius 2 is 2.00 bits per heavy atom. The number of rotatable bonds is 4. The maximum Gasteiger partial charge on any atom is 0.279 e. The van der Waals surface area contributed by atoms with E-state index >= 15 is 0 Å². The van der Waals surface area contributed by atoms with Gasteiger partial charge in [0.1, 0.15) is 0 Å². The smallest absolute Gasteiger partial charge is 0.279 e. The molecule has 0 aromatic rings. The molecule has 0 unspecified atom stereocenters. The molecule has 1 rings (SSSR count). The van der Waals surface area contributed by atoms with Gasteiger partial charge < -0.3 is 4.74 Å². The molecule has 0 aliphatic carbocycles. The Bertz CT molecular complexity index is 238. The first-order chi connectivity index (χ1) is 6.17. The molecule has 1 fully saturated rings. The Morgan fingerprint density at radius 3 is 2.54 bits per heavy atom. The largest absolute Gasteiger partial charge is 0.379 e. The van der Waals surface area contributed by atoms with Gasteiger partial charge >= 0.3 is 0 Å². The van der Waals surface area contributed by atoms with E-state index in [0.29, 0.717) is 32.8 Å². The quantitative estimate of drug-likeness (QED) is 0.566. The third kappa shape index (κ3) is 3.66. The highest BCUT2D eigenvalue weighted by atomic mass is 127. The van der Waals surface area contributed by atoms with Crippen LogP contribution in [-0.2, 0) is 14.9 Å². The van der Waals surface area contributed by atoms with Crippen LogP contribution < -0.4 is 4.72 Å². The number of hydrogen-bond donors (Lipinski definition) is 1. The van der Waals surface area contributed by atoms with Crippen LogP contribution in [0.4, 0.5) is 0 Å². The number of nitrogens with one attached hydrogen (secondary N) is 1. The highest BCUT2D eigenvalue weighted by Gasteiger charge is 2.22. The van der Waals surface area contributed by atoms with Crippen molar-refractivity contribution in [2.75, 3.05) is 37.3 Å². The molecule has 0 spiro atoms. The van der Waals surface area contributed by atoms with Gasteiger partial charge in [-0.05, 0) is 0 Å². The van der Waals surface area contributed by atoms with Gasteiger partial charge in [0, 0.05) is 24.1 Å². The number of halogens is 1. The summed E-state index contributed by atoms with van der Waals surface area (Å²) >= 11 is 2.13. The van der Waals surface area contributed by atoms with E-state index in [1.54, 1.807) is 0 Å². The van der Waals surface area contributed by atoms with Crippen molar-refractivity contribution in [3.05, 3.63) is 0 Å². The van der Waals surface area contributed by atoms with E-state index in [1.165, 1.54) is 4.31 Å². The van der Waals surface area contributed by atoms with Crippen LogP contribution in [0.5, 0.6) is 0 Å². The zero-order valence-corrected chi connectivity index (χ0v) is 10.2. The van der Waals surface area contributed by atoms with Crippen LogP contribution in [0.25, 0.3) is 0 Å². The van der Waals surface area contributed by atoms with Crippen LogP contribution in [0.3, 0.4) is 0 Å². The Balaban J connectivity index is 2.47. The Kier molecular flexibility index (Phi) is 4.87. The molecule has 0 aromatic carbocycles. The predicted octanol–water partition coefficient (Wildman–Crippen LogP) is -0.412. The second-order valence-corrected chi connectivity index (χ2v) is 5.43. The fraction of sp³-hybridized carbons (Fsp3) is 1.00. The SMILES string of the molecule is O=S(=O)(NCCI)N1CCOCC1. The summed E-state index contributed by atoms with van der Waals surface area (Å²) < 4.78 is 32.8. The first-order valence-electron chi connectivity index (χ1n) is 4.05. The monoisotopic (exact) mass is 320 g/mol. The summed E-state index contributed by atoms with van der Waals surface area (Å²) in [6, 6.07) is 0. The standard InChI is InChI=1S/C6H13IN2O3S/c7-1-2-8-13(10,11)9-3-5-12-6-4-9/h8H,1-6H2. The van der Waals surface area contributed by atoms with Crippen molar-refractivity contribution in [3.8, 4) is 0 Å². The number of nitrogens with zero attached hydrogens (tertiary/aromatic N) is 1. The van der Waals surface area contributed by atoms with Gasteiger partial charge in [0.25, 0.3) is 10.2 Å². The fourth-order valence-corrected chi connectivity index (χ4v) is 2.85. The van der Waals surface area contributed by atoms with Crippen molar-refractivity contribution in [3.63, 3.8) is 0 Å². The first kappa shape index (κ1) is 11.6. The molecule has 78 valence electrons. The van der Waals surface area contributed by atoms with Gasteiger partial charge in [-0.3, -0.25) is 0 Å². The highest BCUT2D eigenvalue weighted by Crippen LogP contribution is 2.02. The summed E-state index contributed by atoms with van der Waals surface area (Å²) in [5.74, 6) is 0. The molecule has 13 heavy (non-hydrogen) atoms. The van der Waals surface area contributed by atoms with Crippen molar-refractivity contribution in [1.29, 1.82) is 0 Å². The van der Waals surface area contributed by atoms with Crippen LogP contribution in [-0.4, -0.2) is 50.0 Å². The molecule has 1 aliphatic heterocycles. The molecule has 0 radical (unpaired) electrons. The molecular weight excluding hydrogens is 307 g/mol. The third-order valence-electron chi connectivity index (χ3n) is 1.69.